The van der Waals surface area contributed by atoms with Crippen LogP contribution in [0.3, 0.4) is 0 Å². The van der Waals surface area contributed by atoms with Gasteiger partial charge in [-0.2, -0.15) is 0 Å². The average molecular weight is 444 g/mol. The maximum absolute atomic E-state index is 12.8. The molecule has 1 aromatic heterocycles. The number of carbonyl (C=O) groups is 2. The van der Waals surface area contributed by atoms with Gasteiger partial charge in [-0.05, 0) is 37.5 Å². The third-order valence-corrected chi connectivity index (χ3v) is 5.18. The molecular weight excluding hydrogens is 421 g/mol. The van der Waals surface area contributed by atoms with E-state index in [0.717, 1.165) is 6.42 Å². The van der Waals surface area contributed by atoms with Crippen molar-refractivity contribution >= 4 is 52.2 Å². The van der Waals surface area contributed by atoms with Gasteiger partial charge in [-0.3, -0.25) is 0 Å². The lowest BCUT2D eigenvalue weighted by molar-refractivity contribution is 0.0520. The van der Waals surface area contributed by atoms with E-state index in [1.165, 1.54) is 11.3 Å². The summed E-state index contributed by atoms with van der Waals surface area (Å²) in [7, 11) is 0. The Hall–Kier alpha value is -1.83. The number of benzene rings is 1. The first-order valence-electron chi connectivity index (χ1n) is 8.92. The van der Waals surface area contributed by atoms with Gasteiger partial charge in [0.2, 0.25) is 0 Å². The molecule has 0 unspecified atom stereocenters. The summed E-state index contributed by atoms with van der Waals surface area (Å²) in [5.41, 5.74) is 0.740. The van der Waals surface area contributed by atoms with Gasteiger partial charge in [0.05, 0.1) is 23.9 Å². The highest BCUT2D eigenvalue weighted by atomic mass is 35.5. The Morgan fingerprint density at radius 1 is 1.32 bits per heavy atom. The molecular formula is C19H23Cl2N3O3S. The summed E-state index contributed by atoms with van der Waals surface area (Å²) < 4.78 is 4.96. The standard InChI is InChI=1S/C19H23Cl2N3O3S/c1-4-27-18(25)16-11-28-17(22-16)10-24(8-7-12(2)3)19(26)23-15-6-5-13(20)9-14(15)21/h5-6,9,11-12H,4,7-8,10H2,1-3H3,(H,23,26). The van der Waals surface area contributed by atoms with E-state index in [2.05, 4.69) is 24.1 Å². The number of nitrogens with one attached hydrogen (secondary N) is 1. The van der Waals surface area contributed by atoms with E-state index in [0.29, 0.717) is 33.2 Å². The van der Waals surface area contributed by atoms with Gasteiger partial charge < -0.3 is 15.0 Å². The van der Waals surface area contributed by atoms with E-state index < -0.39 is 5.97 Å². The molecule has 152 valence electrons. The Morgan fingerprint density at radius 2 is 2.07 bits per heavy atom. The lowest BCUT2D eigenvalue weighted by Crippen LogP contribution is -2.35. The van der Waals surface area contributed by atoms with Crippen LogP contribution in [0.15, 0.2) is 23.6 Å². The first-order valence-corrected chi connectivity index (χ1v) is 10.6. The van der Waals surface area contributed by atoms with Crippen LogP contribution in [0, 0.1) is 5.92 Å². The number of rotatable bonds is 8. The number of anilines is 1. The third kappa shape index (κ3) is 6.65. The predicted octanol–water partition coefficient (Wildman–Crippen LogP) is 5.71. The van der Waals surface area contributed by atoms with E-state index in [4.69, 9.17) is 27.9 Å². The fourth-order valence-electron chi connectivity index (χ4n) is 2.30. The van der Waals surface area contributed by atoms with Crippen LogP contribution in [0.5, 0.6) is 0 Å². The molecule has 0 saturated carbocycles. The van der Waals surface area contributed by atoms with E-state index in [1.807, 2.05) is 0 Å². The van der Waals surface area contributed by atoms with Crippen LogP contribution in [-0.2, 0) is 11.3 Å². The van der Waals surface area contributed by atoms with Gasteiger partial charge in [-0.1, -0.05) is 37.0 Å². The van der Waals surface area contributed by atoms with Crippen molar-refractivity contribution in [1.29, 1.82) is 0 Å². The summed E-state index contributed by atoms with van der Waals surface area (Å²) in [5.74, 6) is -0.0306. The molecule has 9 heteroatoms. The van der Waals surface area contributed by atoms with Gasteiger partial charge in [0, 0.05) is 16.9 Å². The van der Waals surface area contributed by atoms with Crippen molar-refractivity contribution in [3.05, 3.63) is 44.3 Å². The number of aromatic nitrogens is 1. The van der Waals surface area contributed by atoms with Crippen molar-refractivity contribution in [2.75, 3.05) is 18.5 Å². The zero-order chi connectivity index (χ0) is 20.7. The Balaban J connectivity index is 2.12. The highest BCUT2D eigenvalue weighted by molar-refractivity contribution is 7.09. The maximum Gasteiger partial charge on any atom is 0.357 e. The molecule has 0 aliphatic carbocycles. The average Bonchev–Trinajstić information content (AvgIpc) is 3.09. The number of carbonyl (C=O) groups excluding carboxylic acids is 2. The van der Waals surface area contributed by atoms with Crippen LogP contribution >= 0.6 is 34.5 Å². The van der Waals surface area contributed by atoms with E-state index in [9.17, 15) is 9.59 Å². The predicted molar refractivity (Wildman–Crippen MR) is 113 cm³/mol. The van der Waals surface area contributed by atoms with E-state index >= 15 is 0 Å². The molecule has 0 atom stereocenters. The summed E-state index contributed by atoms with van der Waals surface area (Å²) in [6.45, 7) is 7.04. The van der Waals surface area contributed by atoms with Crippen molar-refractivity contribution in [2.45, 2.75) is 33.7 Å². The van der Waals surface area contributed by atoms with Gasteiger partial charge >= 0.3 is 12.0 Å². The topological polar surface area (TPSA) is 71.5 Å². The molecule has 2 amide bonds. The number of urea groups is 1. The van der Waals surface area contributed by atoms with E-state index in [1.54, 1.807) is 35.4 Å². The molecule has 28 heavy (non-hydrogen) atoms. The van der Waals surface area contributed by atoms with Crippen molar-refractivity contribution in [3.63, 3.8) is 0 Å². The summed E-state index contributed by atoms with van der Waals surface area (Å²) in [4.78, 5) is 30.6. The quantitative estimate of drug-likeness (QED) is 0.530. The number of amides is 2. The molecule has 0 aliphatic rings. The molecule has 0 aliphatic heterocycles. The van der Waals surface area contributed by atoms with Crippen LogP contribution < -0.4 is 5.32 Å². The first-order chi connectivity index (χ1) is 13.3. The molecule has 1 heterocycles. The van der Waals surface area contributed by atoms with Crippen molar-refractivity contribution in [1.82, 2.24) is 9.88 Å². The highest BCUT2D eigenvalue weighted by Crippen LogP contribution is 2.26. The lowest BCUT2D eigenvalue weighted by atomic mass is 10.1. The number of hydrogen-bond donors (Lipinski definition) is 1. The van der Waals surface area contributed by atoms with Crippen LogP contribution in [0.25, 0.3) is 0 Å². The van der Waals surface area contributed by atoms with Crippen LogP contribution in [0.1, 0.15) is 42.7 Å². The number of esters is 1. The first kappa shape index (κ1) is 22.5. The zero-order valence-corrected chi connectivity index (χ0v) is 18.3. The molecule has 0 radical (unpaired) electrons. The van der Waals surface area contributed by atoms with E-state index in [-0.39, 0.29) is 24.9 Å². The fraction of sp³-hybridized carbons (Fsp3) is 0.421. The summed E-state index contributed by atoms with van der Waals surface area (Å²) in [5, 5.41) is 5.97. The fourth-order valence-corrected chi connectivity index (χ4v) is 3.53. The minimum atomic E-state index is -0.462. The Morgan fingerprint density at radius 3 is 2.71 bits per heavy atom. The second kappa shape index (κ2) is 10.6. The second-order valence-electron chi connectivity index (χ2n) is 6.51. The van der Waals surface area contributed by atoms with Crippen molar-refractivity contribution in [2.24, 2.45) is 5.92 Å². The lowest BCUT2D eigenvalue weighted by Gasteiger charge is -2.23. The normalized spacial score (nSPS) is 10.8. The second-order valence-corrected chi connectivity index (χ2v) is 8.29. The van der Waals surface area contributed by atoms with Crippen molar-refractivity contribution < 1.29 is 14.3 Å². The maximum atomic E-state index is 12.8. The van der Waals surface area contributed by atoms with Gasteiger partial charge in [0.1, 0.15) is 5.01 Å². The molecule has 0 spiro atoms. The number of hydrogen-bond acceptors (Lipinski definition) is 5. The Kier molecular flexibility index (Phi) is 8.54. The van der Waals surface area contributed by atoms with Crippen molar-refractivity contribution in [3.8, 4) is 0 Å². The van der Waals surface area contributed by atoms with Crippen LogP contribution in [-0.4, -0.2) is 35.0 Å². The highest BCUT2D eigenvalue weighted by Gasteiger charge is 2.19. The SMILES string of the molecule is CCOC(=O)c1csc(CN(CCC(C)C)C(=O)Nc2ccc(Cl)cc2Cl)n1. The monoisotopic (exact) mass is 443 g/mol. The third-order valence-electron chi connectivity index (χ3n) is 3.80. The zero-order valence-electron chi connectivity index (χ0n) is 16.0. The van der Waals surface area contributed by atoms with Crippen LogP contribution in [0.4, 0.5) is 10.5 Å². The molecule has 0 bridgehead atoms. The molecule has 1 aromatic carbocycles. The van der Waals surface area contributed by atoms with Gasteiger partial charge in [-0.25, -0.2) is 14.6 Å². The number of ether oxygens (including phenoxy) is 1. The summed E-state index contributed by atoms with van der Waals surface area (Å²) in [6, 6.07) is 4.60. The molecule has 6 nitrogen and oxygen atoms in total. The van der Waals surface area contributed by atoms with Gasteiger partial charge in [0.15, 0.2) is 5.69 Å². The smallest absolute Gasteiger partial charge is 0.357 e. The van der Waals surface area contributed by atoms with Gasteiger partial charge in [0.25, 0.3) is 0 Å². The Labute approximate surface area is 178 Å². The molecule has 2 aromatic rings. The largest absolute Gasteiger partial charge is 0.461 e. The molecule has 0 saturated heterocycles. The minimum Gasteiger partial charge on any atom is -0.461 e. The molecule has 2 rings (SSSR count). The Bertz CT molecular complexity index is 827. The molecule has 1 N–H and O–H groups in total. The minimum absolute atomic E-state index is 0.256. The number of thiazole rings is 1. The number of nitrogens with zero attached hydrogens (tertiary/aromatic N) is 2. The van der Waals surface area contributed by atoms with Gasteiger partial charge in [-0.15, -0.1) is 11.3 Å². The van der Waals surface area contributed by atoms with Crippen LogP contribution in [0.2, 0.25) is 10.0 Å². The summed E-state index contributed by atoms with van der Waals surface area (Å²) in [6.07, 6.45) is 0.831. The molecule has 0 fully saturated rings. The summed E-state index contributed by atoms with van der Waals surface area (Å²) >= 11 is 13.4. The number of halogens is 2.